The van der Waals surface area contributed by atoms with Gasteiger partial charge in [0.25, 0.3) is 5.91 Å². The van der Waals surface area contributed by atoms with Crippen molar-refractivity contribution in [2.24, 2.45) is 0 Å². The summed E-state index contributed by atoms with van der Waals surface area (Å²) in [5, 5.41) is 9.75. The average molecular weight is 223 g/mol. The fourth-order valence-corrected chi connectivity index (χ4v) is 1.65. The number of hydrogen-bond donors (Lipinski definition) is 2. The Morgan fingerprint density at radius 2 is 2.50 bits per heavy atom. The zero-order valence-electron chi connectivity index (χ0n) is 9.62. The first-order valence-corrected chi connectivity index (χ1v) is 5.56. The lowest BCUT2D eigenvalue weighted by Crippen LogP contribution is -2.35. The van der Waals surface area contributed by atoms with Crippen LogP contribution in [0.15, 0.2) is 6.07 Å². The van der Waals surface area contributed by atoms with E-state index in [2.05, 4.69) is 15.5 Å². The molecule has 5 nitrogen and oxygen atoms in total. The molecule has 1 unspecified atom stereocenters. The Labute approximate surface area is 94.6 Å². The van der Waals surface area contributed by atoms with Crippen LogP contribution in [0, 0.1) is 0 Å². The highest BCUT2D eigenvalue weighted by Gasteiger charge is 2.26. The van der Waals surface area contributed by atoms with Crippen LogP contribution in [0.25, 0.3) is 0 Å². The van der Waals surface area contributed by atoms with Crippen molar-refractivity contribution in [3.05, 3.63) is 17.5 Å². The smallest absolute Gasteiger partial charge is 0.272 e. The molecule has 1 amide bonds. The van der Waals surface area contributed by atoms with E-state index in [0.29, 0.717) is 18.2 Å². The molecule has 1 aromatic rings. The van der Waals surface area contributed by atoms with Crippen LogP contribution in [0.5, 0.6) is 0 Å². The number of methoxy groups -OCH3 is 1. The summed E-state index contributed by atoms with van der Waals surface area (Å²) < 4.78 is 4.95. The van der Waals surface area contributed by atoms with Crippen LogP contribution < -0.4 is 5.32 Å². The number of rotatable bonds is 5. The topological polar surface area (TPSA) is 67.0 Å². The molecule has 88 valence electrons. The number of hydrogen-bond acceptors (Lipinski definition) is 3. The first kappa shape index (κ1) is 11.1. The molecular weight excluding hydrogens is 206 g/mol. The maximum atomic E-state index is 11.7. The first-order chi connectivity index (χ1) is 7.70. The fourth-order valence-electron chi connectivity index (χ4n) is 1.65. The highest BCUT2D eigenvalue weighted by atomic mass is 16.5. The van der Waals surface area contributed by atoms with Gasteiger partial charge in [-0.15, -0.1) is 0 Å². The van der Waals surface area contributed by atoms with Gasteiger partial charge in [0.15, 0.2) is 0 Å². The number of H-pyrrole nitrogens is 1. The predicted octanol–water partition coefficient (Wildman–Crippen LogP) is 1.05. The van der Waals surface area contributed by atoms with Gasteiger partial charge in [-0.2, -0.15) is 5.10 Å². The van der Waals surface area contributed by atoms with E-state index in [1.807, 2.05) is 13.0 Å². The molecule has 1 aliphatic rings. The summed E-state index contributed by atoms with van der Waals surface area (Å²) in [5.41, 5.74) is 1.54. The Hall–Kier alpha value is -1.36. The van der Waals surface area contributed by atoms with Crippen molar-refractivity contribution in [2.45, 2.75) is 31.7 Å². The number of nitrogens with zero attached hydrogens (tertiary/aromatic N) is 1. The van der Waals surface area contributed by atoms with Crippen LogP contribution in [0.4, 0.5) is 0 Å². The van der Waals surface area contributed by atoms with Gasteiger partial charge in [-0.25, -0.2) is 0 Å². The fraction of sp³-hybridized carbons (Fsp3) is 0.636. The molecule has 0 saturated heterocycles. The quantitative estimate of drug-likeness (QED) is 0.784. The second-order valence-corrected chi connectivity index (χ2v) is 4.31. The second-order valence-electron chi connectivity index (χ2n) is 4.31. The van der Waals surface area contributed by atoms with Crippen molar-refractivity contribution >= 4 is 5.91 Å². The summed E-state index contributed by atoms with van der Waals surface area (Å²) in [5.74, 6) is 0.443. The van der Waals surface area contributed by atoms with Crippen molar-refractivity contribution in [1.82, 2.24) is 15.5 Å². The van der Waals surface area contributed by atoms with Crippen molar-refractivity contribution < 1.29 is 9.53 Å². The molecule has 2 rings (SSSR count). The monoisotopic (exact) mass is 223 g/mol. The molecule has 16 heavy (non-hydrogen) atoms. The van der Waals surface area contributed by atoms with Crippen LogP contribution in [-0.2, 0) is 4.74 Å². The van der Waals surface area contributed by atoms with Crippen LogP contribution in [-0.4, -0.2) is 35.9 Å². The van der Waals surface area contributed by atoms with Gasteiger partial charge >= 0.3 is 0 Å². The highest BCUT2D eigenvalue weighted by Crippen LogP contribution is 2.38. The molecule has 5 heteroatoms. The van der Waals surface area contributed by atoms with E-state index in [1.165, 1.54) is 12.8 Å². The summed E-state index contributed by atoms with van der Waals surface area (Å²) >= 11 is 0. The summed E-state index contributed by atoms with van der Waals surface area (Å²) in [4.78, 5) is 11.7. The van der Waals surface area contributed by atoms with Crippen molar-refractivity contribution in [3.63, 3.8) is 0 Å². The lowest BCUT2D eigenvalue weighted by Gasteiger charge is -2.10. The number of ether oxygens (including phenoxy) is 1. The normalized spacial score (nSPS) is 17.1. The third-order valence-corrected chi connectivity index (χ3v) is 2.64. The number of aromatic nitrogens is 2. The highest BCUT2D eigenvalue weighted by molar-refractivity contribution is 5.92. The first-order valence-electron chi connectivity index (χ1n) is 5.56. The number of nitrogens with one attached hydrogen (secondary N) is 2. The van der Waals surface area contributed by atoms with Crippen molar-refractivity contribution in [1.29, 1.82) is 0 Å². The van der Waals surface area contributed by atoms with Gasteiger partial charge in [0, 0.05) is 24.8 Å². The SMILES string of the molecule is COCC(C)NC(=O)c1cc(C2CC2)[nH]n1. The maximum absolute atomic E-state index is 11.7. The van der Waals surface area contributed by atoms with Gasteiger partial charge < -0.3 is 10.1 Å². The van der Waals surface area contributed by atoms with E-state index in [4.69, 9.17) is 4.74 Å². The standard InChI is InChI=1S/C11H17N3O2/c1-7(6-16-2)12-11(15)10-5-9(13-14-10)8-3-4-8/h5,7-8H,3-4,6H2,1-2H3,(H,12,15)(H,13,14). The lowest BCUT2D eigenvalue weighted by molar-refractivity contribution is 0.0900. The molecule has 1 saturated carbocycles. The Morgan fingerprint density at radius 3 is 3.12 bits per heavy atom. The molecule has 2 N–H and O–H groups in total. The minimum atomic E-state index is -0.146. The minimum absolute atomic E-state index is 0.00132. The van der Waals surface area contributed by atoms with Crippen molar-refractivity contribution in [2.75, 3.05) is 13.7 Å². The molecule has 1 atom stereocenters. The van der Waals surface area contributed by atoms with Gasteiger partial charge in [0.05, 0.1) is 6.61 Å². The Balaban J connectivity index is 1.92. The maximum Gasteiger partial charge on any atom is 0.272 e. The van der Waals surface area contributed by atoms with Gasteiger partial charge in [0.1, 0.15) is 5.69 Å². The lowest BCUT2D eigenvalue weighted by atomic mass is 10.2. The summed E-state index contributed by atoms with van der Waals surface area (Å²) in [7, 11) is 1.61. The zero-order valence-corrected chi connectivity index (χ0v) is 9.62. The van der Waals surface area contributed by atoms with Crippen LogP contribution in [0.2, 0.25) is 0 Å². The molecule has 0 aliphatic heterocycles. The molecular formula is C11H17N3O2. The summed E-state index contributed by atoms with van der Waals surface area (Å²) in [6.45, 7) is 2.40. The molecule has 0 radical (unpaired) electrons. The molecule has 1 aromatic heterocycles. The Kier molecular flexibility index (Phi) is 3.24. The van der Waals surface area contributed by atoms with E-state index in [-0.39, 0.29) is 11.9 Å². The van der Waals surface area contributed by atoms with Gasteiger partial charge in [0.2, 0.25) is 0 Å². The Morgan fingerprint density at radius 1 is 1.75 bits per heavy atom. The second kappa shape index (κ2) is 4.65. The van der Waals surface area contributed by atoms with E-state index in [9.17, 15) is 4.79 Å². The number of amides is 1. The molecule has 1 heterocycles. The van der Waals surface area contributed by atoms with Gasteiger partial charge in [-0.1, -0.05) is 0 Å². The predicted molar refractivity (Wildman–Crippen MR) is 59.4 cm³/mol. The number of carbonyl (C=O) groups is 1. The van der Waals surface area contributed by atoms with E-state index in [1.54, 1.807) is 7.11 Å². The van der Waals surface area contributed by atoms with Gasteiger partial charge in [-0.05, 0) is 25.8 Å². The third kappa shape index (κ3) is 2.61. The molecule has 0 bridgehead atoms. The minimum Gasteiger partial charge on any atom is -0.383 e. The van der Waals surface area contributed by atoms with Gasteiger partial charge in [-0.3, -0.25) is 9.89 Å². The largest absolute Gasteiger partial charge is 0.383 e. The summed E-state index contributed by atoms with van der Waals surface area (Å²) in [6.07, 6.45) is 2.40. The zero-order chi connectivity index (χ0) is 11.5. The Bertz CT molecular complexity index is 371. The molecule has 0 aromatic carbocycles. The number of aromatic amines is 1. The molecule has 1 aliphatic carbocycles. The van der Waals surface area contributed by atoms with Crippen molar-refractivity contribution in [3.8, 4) is 0 Å². The summed E-state index contributed by atoms with van der Waals surface area (Å²) in [6, 6.07) is 1.84. The van der Waals surface area contributed by atoms with E-state index >= 15 is 0 Å². The van der Waals surface area contributed by atoms with Crippen LogP contribution >= 0.6 is 0 Å². The van der Waals surface area contributed by atoms with Crippen LogP contribution in [0.3, 0.4) is 0 Å². The average Bonchev–Trinajstić information content (AvgIpc) is 2.96. The van der Waals surface area contributed by atoms with E-state index < -0.39 is 0 Å². The number of carbonyl (C=O) groups excluding carboxylic acids is 1. The van der Waals surface area contributed by atoms with E-state index in [0.717, 1.165) is 5.69 Å². The molecule has 0 spiro atoms. The van der Waals surface area contributed by atoms with Crippen LogP contribution in [0.1, 0.15) is 41.9 Å². The third-order valence-electron chi connectivity index (χ3n) is 2.64. The molecule has 1 fully saturated rings.